The van der Waals surface area contributed by atoms with E-state index in [4.69, 9.17) is 11.6 Å². The van der Waals surface area contributed by atoms with Gasteiger partial charge in [0, 0.05) is 39.0 Å². The van der Waals surface area contributed by atoms with E-state index >= 15 is 0 Å². The van der Waals surface area contributed by atoms with Gasteiger partial charge in [-0.1, -0.05) is 212 Å². The van der Waals surface area contributed by atoms with Gasteiger partial charge in [-0.2, -0.15) is 0 Å². The van der Waals surface area contributed by atoms with Crippen LogP contribution < -0.4 is 9.80 Å². The van der Waals surface area contributed by atoms with Gasteiger partial charge in [0.1, 0.15) is 0 Å². The molecular formula is C69H45ClN2. The number of para-hydroxylation sites is 2. The van der Waals surface area contributed by atoms with Crippen LogP contribution in [0.3, 0.4) is 0 Å². The number of rotatable bonds is 8. The molecule has 0 fully saturated rings. The molecule has 338 valence electrons. The number of fused-ring (bicyclic) bond motifs is 13. The minimum Gasteiger partial charge on any atom is -0.310 e. The Morgan fingerprint density at radius 3 is 1.49 bits per heavy atom. The minimum absolute atomic E-state index is 0.451. The first-order valence-corrected chi connectivity index (χ1v) is 25.1. The van der Waals surface area contributed by atoms with Crippen molar-refractivity contribution in [1.29, 1.82) is 0 Å². The zero-order valence-corrected chi connectivity index (χ0v) is 40.0. The zero-order valence-electron chi connectivity index (χ0n) is 39.3. The van der Waals surface area contributed by atoms with Crippen LogP contribution in [0.4, 0.5) is 34.1 Å². The van der Waals surface area contributed by atoms with E-state index in [0.29, 0.717) is 5.02 Å². The van der Waals surface area contributed by atoms with Gasteiger partial charge in [-0.3, -0.25) is 0 Å². The van der Waals surface area contributed by atoms with Crippen molar-refractivity contribution in [2.45, 2.75) is 5.41 Å². The van der Waals surface area contributed by atoms with Gasteiger partial charge in [-0.15, -0.1) is 0 Å². The molecule has 1 spiro atoms. The summed E-state index contributed by atoms with van der Waals surface area (Å²) in [6.07, 6.45) is 0. The molecular weight excluding hydrogens is 892 g/mol. The maximum Gasteiger partial charge on any atom is 0.0725 e. The standard InChI is InChI=1S/C69H45ClN2/c70-48-20-16-23-51(44-48)72(67-38-15-11-31-59(67)60-33-18-37-66-68(60)61-32-10-14-36-65(61)69(66)63-34-12-8-29-57(63)58-30-9-13-35-64(58)69)53-25-17-24-52(45-53)71(49-21-2-1-3-22-49)50-41-39-46(40-42-50)62-43-47-19-4-5-26-54(47)55-27-6-7-28-56(55)62/h1-45H. The highest BCUT2D eigenvalue weighted by Gasteiger charge is 2.52. The molecule has 0 saturated carbocycles. The van der Waals surface area contributed by atoms with E-state index in [1.54, 1.807) is 0 Å². The maximum atomic E-state index is 6.93. The fourth-order valence-electron chi connectivity index (χ4n) is 12.2. The third-order valence-electron chi connectivity index (χ3n) is 15.1. The molecule has 2 aliphatic carbocycles. The topological polar surface area (TPSA) is 6.48 Å². The molecule has 0 N–H and O–H groups in total. The second-order valence-electron chi connectivity index (χ2n) is 18.9. The molecule has 0 aromatic heterocycles. The highest BCUT2D eigenvalue weighted by molar-refractivity contribution is 6.31. The number of benzene rings is 12. The van der Waals surface area contributed by atoms with Gasteiger partial charge in [-0.05, 0) is 156 Å². The van der Waals surface area contributed by atoms with Crippen molar-refractivity contribution in [3.05, 3.63) is 300 Å². The number of hydrogen-bond acceptors (Lipinski definition) is 2. The van der Waals surface area contributed by atoms with E-state index in [0.717, 1.165) is 39.7 Å². The van der Waals surface area contributed by atoms with Crippen LogP contribution >= 0.6 is 11.6 Å². The molecule has 0 atom stereocenters. The summed E-state index contributed by atoms with van der Waals surface area (Å²) < 4.78 is 0. The van der Waals surface area contributed by atoms with E-state index in [1.165, 1.54) is 82.7 Å². The van der Waals surface area contributed by atoms with Gasteiger partial charge in [0.2, 0.25) is 0 Å². The van der Waals surface area contributed by atoms with E-state index in [1.807, 2.05) is 12.1 Å². The normalized spacial score (nSPS) is 12.6. The Morgan fingerprint density at radius 1 is 0.278 bits per heavy atom. The van der Waals surface area contributed by atoms with Crippen molar-refractivity contribution in [3.8, 4) is 44.5 Å². The predicted octanol–water partition coefficient (Wildman–Crippen LogP) is 19.3. The summed E-state index contributed by atoms with van der Waals surface area (Å²) in [5.74, 6) is 0. The molecule has 0 heterocycles. The Morgan fingerprint density at radius 2 is 0.764 bits per heavy atom. The average molecular weight is 938 g/mol. The first-order chi connectivity index (χ1) is 35.6. The lowest BCUT2D eigenvalue weighted by atomic mass is 9.70. The smallest absolute Gasteiger partial charge is 0.0725 e. The fraction of sp³-hybridized carbons (Fsp3) is 0.0145. The van der Waals surface area contributed by atoms with Crippen LogP contribution in [0.15, 0.2) is 273 Å². The van der Waals surface area contributed by atoms with E-state index in [2.05, 4.69) is 271 Å². The number of hydrogen-bond donors (Lipinski definition) is 0. The molecule has 2 aliphatic rings. The molecule has 0 saturated heterocycles. The van der Waals surface area contributed by atoms with Crippen LogP contribution in [0.5, 0.6) is 0 Å². The Balaban J connectivity index is 0.929. The monoisotopic (exact) mass is 936 g/mol. The van der Waals surface area contributed by atoms with Gasteiger partial charge in [0.05, 0.1) is 11.1 Å². The highest BCUT2D eigenvalue weighted by atomic mass is 35.5. The lowest BCUT2D eigenvalue weighted by molar-refractivity contribution is 0.794. The Bertz CT molecular complexity index is 4040. The minimum atomic E-state index is -0.451. The summed E-state index contributed by atoms with van der Waals surface area (Å²) in [5, 5.41) is 5.69. The van der Waals surface area contributed by atoms with Crippen LogP contribution in [0.2, 0.25) is 5.02 Å². The lowest BCUT2D eigenvalue weighted by Crippen LogP contribution is -2.25. The van der Waals surface area contributed by atoms with E-state index in [9.17, 15) is 0 Å². The molecule has 0 aliphatic heterocycles. The molecule has 14 rings (SSSR count). The van der Waals surface area contributed by atoms with Crippen LogP contribution in [0.25, 0.3) is 66.1 Å². The third-order valence-corrected chi connectivity index (χ3v) is 15.3. The van der Waals surface area contributed by atoms with E-state index in [-0.39, 0.29) is 0 Å². The van der Waals surface area contributed by atoms with Crippen molar-refractivity contribution in [1.82, 2.24) is 0 Å². The van der Waals surface area contributed by atoms with Gasteiger partial charge < -0.3 is 9.80 Å². The summed E-state index contributed by atoms with van der Waals surface area (Å²) in [6.45, 7) is 0. The van der Waals surface area contributed by atoms with Crippen molar-refractivity contribution < 1.29 is 0 Å². The van der Waals surface area contributed by atoms with Crippen LogP contribution in [0, 0.1) is 0 Å². The van der Waals surface area contributed by atoms with Crippen LogP contribution in [-0.4, -0.2) is 0 Å². The molecule has 12 aromatic carbocycles. The van der Waals surface area contributed by atoms with Crippen molar-refractivity contribution >= 4 is 67.3 Å². The average Bonchev–Trinajstić information content (AvgIpc) is 3.92. The lowest BCUT2D eigenvalue weighted by Gasteiger charge is -2.31. The quantitative estimate of drug-likeness (QED) is 0.140. The van der Waals surface area contributed by atoms with E-state index < -0.39 is 5.41 Å². The van der Waals surface area contributed by atoms with Crippen LogP contribution in [0.1, 0.15) is 22.3 Å². The number of halogens is 1. The molecule has 12 aromatic rings. The second-order valence-corrected chi connectivity index (χ2v) is 19.3. The van der Waals surface area contributed by atoms with Gasteiger partial charge in [0.15, 0.2) is 0 Å². The van der Waals surface area contributed by atoms with Crippen LogP contribution in [-0.2, 0) is 5.41 Å². The predicted molar refractivity (Wildman–Crippen MR) is 303 cm³/mol. The summed E-state index contributed by atoms with van der Waals surface area (Å²) in [7, 11) is 0. The summed E-state index contributed by atoms with van der Waals surface area (Å²) in [6, 6.07) is 99.5. The molecule has 72 heavy (non-hydrogen) atoms. The SMILES string of the molecule is Clc1cccc(N(c2cccc(N(c3ccccc3)c3ccc(-c4cc5ccccc5c5ccccc45)cc3)c2)c2ccccc2-c2cccc3c2-c2ccccc2C32c3ccccc3-c3ccccc32)c1. The number of anilines is 6. The molecule has 0 radical (unpaired) electrons. The van der Waals surface area contributed by atoms with Crippen molar-refractivity contribution in [3.63, 3.8) is 0 Å². The first-order valence-electron chi connectivity index (χ1n) is 24.7. The van der Waals surface area contributed by atoms with Crippen molar-refractivity contribution in [2.24, 2.45) is 0 Å². The summed E-state index contributed by atoms with van der Waals surface area (Å²) in [4.78, 5) is 4.73. The largest absolute Gasteiger partial charge is 0.310 e. The van der Waals surface area contributed by atoms with Gasteiger partial charge >= 0.3 is 0 Å². The zero-order chi connectivity index (χ0) is 47.8. The fourth-order valence-corrected chi connectivity index (χ4v) is 12.4. The summed E-state index contributed by atoms with van der Waals surface area (Å²) in [5.41, 5.74) is 20.9. The molecule has 0 unspecified atom stereocenters. The Labute approximate surface area is 424 Å². The number of nitrogens with zero attached hydrogens (tertiary/aromatic N) is 2. The molecule has 0 amide bonds. The molecule has 0 bridgehead atoms. The molecule has 2 nitrogen and oxygen atoms in total. The highest BCUT2D eigenvalue weighted by Crippen LogP contribution is 2.64. The Hall–Kier alpha value is -8.95. The van der Waals surface area contributed by atoms with Crippen molar-refractivity contribution in [2.75, 3.05) is 9.80 Å². The Kier molecular flexibility index (Phi) is 9.84. The molecule has 3 heteroatoms. The maximum absolute atomic E-state index is 6.93. The third kappa shape index (κ3) is 6.43. The second kappa shape index (κ2) is 16.9. The summed E-state index contributed by atoms with van der Waals surface area (Å²) >= 11 is 6.93. The van der Waals surface area contributed by atoms with Gasteiger partial charge in [-0.25, -0.2) is 0 Å². The van der Waals surface area contributed by atoms with Gasteiger partial charge in [0.25, 0.3) is 0 Å². The first kappa shape index (κ1) is 42.0.